The molecule has 3 rings (SSSR count). The lowest BCUT2D eigenvalue weighted by Crippen LogP contribution is -2.27. The number of amides is 3. The Morgan fingerprint density at radius 3 is 2.79 bits per heavy atom. The average Bonchev–Trinajstić information content (AvgIpc) is 3.24. The molecule has 0 spiro atoms. The molecule has 0 unspecified atom stereocenters. The number of alkyl halides is 2. The number of carbonyl (C=O) groups excluding carboxylic acids is 2. The highest BCUT2D eigenvalue weighted by molar-refractivity contribution is 7.91. The monoisotopic (exact) mass is 445 g/mol. The van der Waals surface area contributed by atoms with Gasteiger partial charge in [0.15, 0.2) is 9.84 Å². The number of halogens is 2. The number of benzene rings is 1. The number of urea groups is 1. The van der Waals surface area contributed by atoms with Gasteiger partial charge in [-0.25, -0.2) is 27.0 Å². The van der Waals surface area contributed by atoms with Gasteiger partial charge >= 0.3 is 6.03 Å². The number of aryl methyl sites for hydroxylation is 1. The minimum absolute atomic E-state index is 0.0201. The Kier molecular flexibility index (Phi) is 6.42. The van der Waals surface area contributed by atoms with Crippen molar-refractivity contribution in [3.8, 4) is 5.75 Å². The molecule has 0 saturated carbocycles. The van der Waals surface area contributed by atoms with Crippen molar-refractivity contribution in [2.45, 2.75) is 24.3 Å². The average molecular weight is 445 g/mol. The molecule has 0 atom stereocenters. The topological polar surface area (TPSA) is 106 Å². The fourth-order valence-corrected chi connectivity index (χ4v) is 4.80. The molecule has 1 saturated heterocycles. The first-order valence-electron chi connectivity index (χ1n) is 8.49. The number of imide groups is 1. The minimum atomic E-state index is -3.67. The van der Waals surface area contributed by atoms with Gasteiger partial charge in [0.1, 0.15) is 18.9 Å². The third-order valence-electron chi connectivity index (χ3n) is 3.95. The van der Waals surface area contributed by atoms with Crippen molar-refractivity contribution in [3.05, 3.63) is 40.3 Å². The number of sulfone groups is 1. The summed E-state index contributed by atoms with van der Waals surface area (Å²) in [6, 6.07) is 4.95. The van der Waals surface area contributed by atoms with Crippen LogP contribution in [0.5, 0.6) is 5.75 Å². The molecule has 1 fully saturated rings. The Morgan fingerprint density at radius 1 is 1.31 bits per heavy atom. The predicted molar refractivity (Wildman–Crippen MR) is 99.8 cm³/mol. The number of carbonyl (C=O) groups is 2. The molecule has 12 heteroatoms. The second kappa shape index (κ2) is 8.82. The largest absolute Gasteiger partial charge is 0.488 e. The van der Waals surface area contributed by atoms with Gasteiger partial charge in [-0.05, 0) is 18.2 Å². The number of rotatable bonds is 9. The van der Waals surface area contributed by atoms with E-state index in [4.69, 9.17) is 4.74 Å². The van der Waals surface area contributed by atoms with Crippen molar-refractivity contribution in [2.75, 3.05) is 18.9 Å². The summed E-state index contributed by atoms with van der Waals surface area (Å²) in [4.78, 5) is 28.4. The van der Waals surface area contributed by atoms with Gasteiger partial charge < -0.3 is 9.64 Å². The van der Waals surface area contributed by atoms with Crippen LogP contribution in [0, 0.1) is 0 Å². The van der Waals surface area contributed by atoms with E-state index in [9.17, 15) is 26.8 Å². The van der Waals surface area contributed by atoms with Crippen molar-refractivity contribution in [1.82, 2.24) is 15.2 Å². The molecule has 1 aliphatic heterocycles. The second-order valence-electron chi connectivity index (χ2n) is 6.19. The summed E-state index contributed by atoms with van der Waals surface area (Å²) in [5.41, 5.74) is 0.564. The van der Waals surface area contributed by atoms with Crippen LogP contribution >= 0.6 is 11.3 Å². The maximum Gasteiger partial charge on any atom is 0.324 e. The zero-order valence-electron chi connectivity index (χ0n) is 15.0. The predicted octanol–water partition coefficient (Wildman–Crippen LogP) is 1.86. The zero-order valence-corrected chi connectivity index (χ0v) is 16.6. The number of thiazole rings is 1. The van der Waals surface area contributed by atoms with Gasteiger partial charge in [-0.15, -0.1) is 11.3 Å². The Morgan fingerprint density at radius 2 is 2.10 bits per heavy atom. The van der Waals surface area contributed by atoms with Gasteiger partial charge in [0.25, 0.3) is 6.43 Å². The van der Waals surface area contributed by atoms with Crippen LogP contribution in [0.25, 0.3) is 0 Å². The van der Waals surface area contributed by atoms with E-state index in [0.29, 0.717) is 10.7 Å². The Balaban J connectivity index is 1.59. The SMILES string of the molecule is O=C1CN(Cc2csc(CCS(=O)(=O)c3cccc(OCC(F)F)c3)n2)C(=O)N1. The Bertz CT molecular complexity index is 1010. The van der Waals surface area contributed by atoms with Crippen molar-refractivity contribution in [2.24, 2.45) is 0 Å². The summed E-state index contributed by atoms with van der Waals surface area (Å²) in [6.07, 6.45) is -2.50. The number of nitrogens with one attached hydrogen (secondary N) is 1. The van der Waals surface area contributed by atoms with Crippen molar-refractivity contribution < 1.29 is 31.5 Å². The van der Waals surface area contributed by atoms with E-state index in [2.05, 4.69) is 10.3 Å². The molecule has 2 aromatic rings. The third-order valence-corrected chi connectivity index (χ3v) is 6.62. The number of nitrogens with zero attached hydrogens (tertiary/aromatic N) is 2. The summed E-state index contributed by atoms with van der Waals surface area (Å²) < 4.78 is 54.4. The summed E-state index contributed by atoms with van der Waals surface area (Å²) in [6.45, 7) is -0.694. The van der Waals surface area contributed by atoms with Gasteiger partial charge in [0, 0.05) is 11.8 Å². The van der Waals surface area contributed by atoms with Crippen LogP contribution in [0.1, 0.15) is 10.7 Å². The van der Waals surface area contributed by atoms with E-state index in [1.54, 1.807) is 5.38 Å². The summed E-state index contributed by atoms with van der Waals surface area (Å²) in [7, 11) is -3.67. The highest BCUT2D eigenvalue weighted by Gasteiger charge is 2.27. The second-order valence-corrected chi connectivity index (χ2v) is 9.24. The van der Waals surface area contributed by atoms with E-state index in [1.165, 1.54) is 40.5 Å². The molecule has 0 aliphatic carbocycles. The molecule has 1 aliphatic rings. The van der Waals surface area contributed by atoms with Crippen LogP contribution < -0.4 is 10.1 Å². The van der Waals surface area contributed by atoms with Crippen molar-refractivity contribution in [3.63, 3.8) is 0 Å². The molecular formula is C17H17F2N3O5S2. The normalized spacial score (nSPS) is 14.5. The van der Waals surface area contributed by atoms with Crippen LogP contribution in [-0.4, -0.2) is 55.6 Å². The fourth-order valence-electron chi connectivity index (χ4n) is 2.60. The maximum absolute atomic E-state index is 12.5. The van der Waals surface area contributed by atoms with E-state index >= 15 is 0 Å². The zero-order chi connectivity index (χ0) is 21.0. The summed E-state index contributed by atoms with van der Waals surface area (Å²) in [5, 5.41) is 4.44. The number of hydrogen-bond donors (Lipinski definition) is 1. The number of aromatic nitrogens is 1. The van der Waals surface area contributed by atoms with Gasteiger partial charge in [0.2, 0.25) is 5.91 Å². The first kappa shape index (κ1) is 21.1. The molecule has 1 N–H and O–H groups in total. The lowest BCUT2D eigenvalue weighted by Gasteiger charge is -2.10. The van der Waals surface area contributed by atoms with Crippen molar-refractivity contribution >= 4 is 33.1 Å². The fraction of sp³-hybridized carbons (Fsp3) is 0.353. The van der Waals surface area contributed by atoms with E-state index in [-0.39, 0.29) is 41.8 Å². The van der Waals surface area contributed by atoms with E-state index < -0.39 is 28.9 Å². The first-order valence-corrected chi connectivity index (χ1v) is 11.0. The quantitative estimate of drug-likeness (QED) is 0.591. The van der Waals surface area contributed by atoms with E-state index in [1.807, 2.05) is 0 Å². The van der Waals surface area contributed by atoms with Crippen LogP contribution in [-0.2, 0) is 27.6 Å². The van der Waals surface area contributed by atoms with Crippen molar-refractivity contribution in [1.29, 1.82) is 0 Å². The molecular weight excluding hydrogens is 428 g/mol. The molecule has 2 heterocycles. The molecule has 1 aromatic carbocycles. The molecule has 8 nitrogen and oxygen atoms in total. The minimum Gasteiger partial charge on any atom is -0.488 e. The molecule has 0 radical (unpaired) electrons. The first-order chi connectivity index (χ1) is 13.7. The van der Waals surface area contributed by atoms with Crippen LogP contribution in [0.2, 0.25) is 0 Å². The smallest absolute Gasteiger partial charge is 0.324 e. The number of ether oxygens (including phenoxy) is 1. The molecule has 3 amide bonds. The highest BCUT2D eigenvalue weighted by atomic mass is 32.2. The molecule has 156 valence electrons. The molecule has 29 heavy (non-hydrogen) atoms. The lowest BCUT2D eigenvalue weighted by atomic mass is 10.3. The molecule has 1 aromatic heterocycles. The van der Waals surface area contributed by atoms with Crippen LogP contribution in [0.15, 0.2) is 34.5 Å². The summed E-state index contributed by atoms with van der Waals surface area (Å²) in [5.74, 6) is -0.543. The third kappa shape index (κ3) is 5.70. The van der Waals surface area contributed by atoms with Crippen LogP contribution in [0.3, 0.4) is 0 Å². The molecule has 0 bridgehead atoms. The van der Waals surface area contributed by atoms with Gasteiger partial charge in [0.05, 0.1) is 27.9 Å². The maximum atomic E-state index is 12.5. The lowest BCUT2D eigenvalue weighted by molar-refractivity contribution is -0.118. The van der Waals surface area contributed by atoms with Gasteiger partial charge in [-0.2, -0.15) is 0 Å². The van der Waals surface area contributed by atoms with Gasteiger partial charge in [-0.3, -0.25) is 10.1 Å². The van der Waals surface area contributed by atoms with Gasteiger partial charge in [-0.1, -0.05) is 6.07 Å². The standard InChI is InChI=1S/C17H17F2N3O5S2/c18-14(19)9-27-12-2-1-3-13(6-12)29(25,26)5-4-16-20-11(10-28-16)7-22-8-15(23)21-17(22)24/h1-3,6,10,14H,4-5,7-9H2,(H,21,23,24). The Labute approximate surface area is 169 Å². The van der Waals surface area contributed by atoms with Crippen LogP contribution in [0.4, 0.5) is 13.6 Å². The Hall–Kier alpha value is -2.60. The van der Waals surface area contributed by atoms with E-state index in [0.717, 1.165) is 0 Å². The number of hydrogen-bond acceptors (Lipinski definition) is 7. The highest BCUT2D eigenvalue weighted by Crippen LogP contribution is 2.21. The summed E-state index contributed by atoms with van der Waals surface area (Å²) >= 11 is 1.26.